The van der Waals surface area contributed by atoms with E-state index in [1.165, 1.54) is 7.11 Å². The number of rotatable bonds is 7. The molecule has 0 saturated carbocycles. The van der Waals surface area contributed by atoms with E-state index in [9.17, 15) is 14.4 Å². The number of carbonyl (C=O) groups excluding carboxylic acids is 3. The van der Waals surface area contributed by atoms with Crippen LogP contribution in [-0.2, 0) is 30.5 Å². The van der Waals surface area contributed by atoms with E-state index >= 15 is 0 Å². The fourth-order valence-corrected chi connectivity index (χ4v) is 5.06. The second-order valence-corrected chi connectivity index (χ2v) is 9.07. The molecular weight excluding hydrogens is 458 g/mol. The highest BCUT2D eigenvalue weighted by molar-refractivity contribution is 6.12. The SMILES string of the molecule is CCOC(=O)C1=C(C)NC2=C(C(=O)[C@H](C(=O)OC)[C@@H](C)C2)[C@@H]1c1ccccc1OCc1ccccc1. The third kappa shape index (κ3) is 4.78. The molecule has 2 aromatic rings. The molecule has 0 saturated heterocycles. The van der Waals surface area contributed by atoms with Crippen LogP contribution in [0, 0.1) is 11.8 Å². The van der Waals surface area contributed by atoms with Gasteiger partial charge in [-0.1, -0.05) is 55.5 Å². The molecule has 0 radical (unpaired) electrons. The lowest BCUT2D eigenvalue weighted by atomic mass is 9.69. The van der Waals surface area contributed by atoms with Crippen LogP contribution in [0.15, 0.2) is 77.1 Å². The van der Waals surface area contributed by atoms with E-state index < -0.39 is 23.8 Å². The summed E-state index contributed by atoms with van der Waals surface area (Å²) in [6, 6.07) is 17.1. The first-order chi connectivity index (χ1) is 17.4. The summed E-state index contributed by atoms with van der Waals surface area (Å²) in [6.07, 6.45) is 0.470. The van der Waals surface area contributed by atoms with Gasteiger partial charge in [0.05, 0.1) is 25.2 Å². The van der Waals surface area contributed by atoms with Crippen molar-refractivity contribution in [2.45, 2.75) is 39.7 Å². The third-order valence-corrected chi connectivity index (χ3v) is 6.71. The molecule has 0 fully saturated rings. The molecule has 0 amide bonds. The standard InChI is InChI=1S/C29H31NO6/c1-5-35-29(33)24-18(3)30-21-15-17(2)23(28(32)34-4)27(31)26(21)25(24)20-13-9-10-14-22(20)36-16-19-11-7-6-8-12-19/h6-14,17,23,25,30H,5,15-16H2,1-4H3/t17-,23+,25+/m0/s1. The average molecular weight is 490 g/mol. The van der Waals surface area contributed by atoms with Gasteiger partial charge in [0.2, 0.25) is 0 Å². The number of carbonyl (C=O) groups is 3. The zero-order valence-corrected chi connectivity index (χ0v) is 21.0. The maximum atomic E-state index is 13.9. The van der Waals surface area contributed by atoms with E-state index in [0.717, 1.165) is 5.56 Å². The summed E-state index contributed by atoms with van der Waals surface area (Å²) in [5.41, 5.74) is 3.69. The predicted octanol–water partition coefficient (Wildman–Crippen LogP) is 4.44. The number of allylic oxidation sites excluding steroid dienone is 3. The van der Waals surface area contributed by atoms with Crippen molar-refractivity contribution in [3.8, 4) is 5.75 Å². The van der Waals surface area contributed by atoms with Crippen LogP contribution in [0.1, 0.15) is 44.2 Å². The Labute approximate surface area is 211 Å². The normalized spacial score (nSPS) is 21.4. The van der Waals surface area contributed by atoms with Crippen molar-refractivity contribution in [1.29, 1.82) is 0 Å². The number of nitrogens with one attached hydrogen (secondary N) is 1. The van der Waals surface area contributed by atoms with Crippen molar-refractivity contribution in [1.82, 2.24) is 5.32 Å². The van der Waals surface area contributed by atoms with Crippen LogP contribution < -0.4 is 10.1 Å². The average Bonchev–Trinajstić information content (AvgIpc) is 2.87. The number of benzene rings is 2. The van der Waals surface area contributed by atoms with Gasteiger partial charge in [-0.3, -0.25) is 9.59 Å². The monoisotopic (exact) mass is 489 g/mol. The molecule has 7 heteroatoms. The molecule has 7 nitrogen and oxygen atoms in total. The molecule has 1 aliphatic carbocycles. The lowest BCUT2D eigenvalue weighted by Gasteiger charge is -2.38. The Kier molecular flexibility index (Phi) is 7.58. The topological polar surface area (TPSA) is 90.9 Å². The predicted molar refractivity (Wildman–Crippen MR) is 134 cm³/mol. The fourth-order valence-electron chi connectivity index (χ4n) is 5.06. The maximum absolute atomic E-state index is 13.9. The first-order valence-corrected chi connectivity index (χ1v) is 12.1. The minimum atomic E-state index is -0.947. The summed E-state index contributed by atoms with van der Waals surface area (Å²) in [4.78, 5) is 39.7. The minimum Gasteiger partial charge on any atom is -0.489 e. The summed E-state index contributed by atoms with van der Waals surface area (Å²) in [5.74, 6) is -2.83. The van der Waals surface area contributed by atoms with Gasteiger partial charge in [0.25, 0.3) is 0 Å². The second-order valence-electron chi connectivity index (χ2n) is 9.07. The van der Waals surface area contributed by atoms with E-state index in [1.807, 2.05) is 61.5 Å². The molecule has 2 aromatic carbocycles. The second kappa shape index (κ2) is 10.8. The Hall–Kier alpha value is -3.87. The quantitative estimate of drug-likeness (QED) is 0.454. The van der Waals surface area contributed by atoms with Gasteiger partial charge in [0, 0.05) is 22.5 Å². The molecule has 0 bridgehead atoms. The van der Waals surface area contributed by atoms with Crippen LogP contribution in [0.3, 0.4) is 0 Å². The number of methoxy groups -OCH3 is 1. The van der Waals surface area contributed by atoms with Gasteiger partial charge in [0.15, 0.2) is 5.78 Å². The smallest absolute Gasteiger partial charge is 0.336 e. The van der Waals surface area contributed by atoms with Crippen LogP contribution in [-0.4, -0.2) is 31.4 Å². The molecule has 0 spiro atoms. The molecule has 0 aromatic heterocycles. The van der Waals surface area contributed by atoms with Crippen LogP contribution in [0.25, 0.3) is 0 Å². The van der Waals surface area contributed by atoms with Crippen LogP contribution in [0.5, 0.6) is 5.75 Å². The van der Waals surface area contributed by atoms with Crippen molar-refractivity contribution in [2.75, 3.05) is 13.7 Å². The molecule has 4 rings (SSSR count). The number of hydrogen-bond donors (Lipinski definition) is 1. The van der Waals surface area contributed by atoms with Gasteiger partial charge < -0.3 is 19.5 Å². The first kappa shape index (κ1) is 25.2. The van der Waals surface area contributed by atoms with Crippen LogP contribution in [0.4, 0.5) is 0 Å². The third-order valence-electron chi connectivity index (χ3n) is 6.71. The van der Waals surface area contributed by atoms with Gasteiger partial charge in [-0.15, -0.1) is 0 Å². The summed E-state index contributed by atoms with van der Waals surface area (Å²) in [5, 5.41) is 3.27. The lowest BCUT2D eigenvalue weighted by Crippen LogP contribution is -2.43. The molecule has 36 heavy (non-hydrogen) atoms. The van der Waals surface area contributed by atoms with Gasteiger partial charge in [0.1, 0.15) is 18.3 Å². The van der Waals surface area contributed by atoms with Crippen molar-refractivity contribution in [2.24, 2.45) is 11.8 Å². The van der Waals surface area contributed by atoms with Crippen molar-refractivity contribution in [3.63, 3.8) is 0 Å². The number of Topliss-reactive ketones (excluding diaryl/α,β-unsaturated/α-hetero) is 1. The Morgan fingerprint density at radius 2 is 1.75 bits per heavy atom. The number of ether oxygens (including phenoxy) is 3. The largest absolute Gasteiger partial charge is 0.489 e. The van der Waals surface area contributed by atoms with Crippen molar-refractivity contribution < 1.29 is 28.6 Å². The molecule has 2 aliphatic rings. The summed E-state index contributed by atoms with van der Waals surface area (Å²) in [6.45, 7) is 5.91. The highest BCUT2D eigenvalue weighted by Gasteiger charge is 2.47. The van der Waals surface area contributed by atoms with E-state index in [0.29, 0.717) is 46.9 Å². The Morgan fingerprint density at radius 1 is 1.06 bits per heavy atom. The molecule has 1 N–H and O–H groups in total. The molecular formula is C29H31NO6. The molecule has 1 heterocycles. The van der Waals surface area contributed by atoms with E-state index in [1.54, 1.807) is 13.8 Å². The highest BCUT2D eigenvalue weighted by atomic mass is 16.5. The molecule has 0 unspecified atom stereocenters. The maximum Gasteiger partial charge on any atom is 0.336 e. The van der Waals surface area contributed by atoms with E-state index in [-0.39, 0.29) is 18.3 Å². The number of hydrogen-bond acceptors (Lipinski definition) is 7. The first-order valence-electron chi connectivity index (χ1n) is 12.1. The molecule has 1 aliphatic heterocycles. The zero-order chi connectivity index (χ0) is 25.8. The Morgan fingerprint density at radius 3 is 2.44 bits per heavy atom. The Bertz CT molecular complexity index is 1230. The molecule has 3 atom stereocenters. The van der Waals surface area contributed by atoms with Gasteiger partial charge in [-0.2, -0.15) is 0 Å². The summed E-state index contributed by atoms with van der Waals surface area (Å²) < 4.78 is 16.6. The summed E-state index contributed by atoms with van der Waals surface area (Å²) >= 11 is 0. The highest BCUT2D eigenvalue weighted by Crippen LogP contribution is 2.47. The zero-order valence-electron chi connectivity index (χ0n) is 21.0. The van der Waals surface area contributed by atoms with Gasteiger partial charge in [-0.05, 0) is 37.8 Å². The van der Waals surface area contributed by atoms with E-state index in [2.05, 4.69) is 5.32 Å². The van der Waals surface area contributed by atoms with Gasteiger partial charge in [-0.25, -0.2) is 4.79 Å². The molecule has 188 valence electrons. The van der Waals surface area contributed by atoms with Crippen molar-refractivity contribution >= 4 is 17.7 Å². The minimum absolute atomic E-state index is 0.191. The van der Waals surface area contributed by atoms with Crippen molar-refractivity contribution in [3.05, 3.63) is 88.3 Å². The van der Waals surface area contributed by atoms with Crippen LogP contribution >= 0.6 is 0 Å². The summed E-state index contributed by atoms with van der Waals surface area (Å²) in [7, 11) is 1.28. The van der Waals surface area contributed by atoms with E-state index in [4.69, 9.17) is 14.2 Å². The number of para-hydroxylation sites is 1. The number of esters is 2. The van der Waals surface area contributed by atoms with Gasteiger partial charge >= 0.3 is 11.9 Å². The van der Waals surface area contributed by atoms with Crippen LogP contribution in [0.2, 0.25) is 0 Å². The fraction of sp³-hybridized carbons (Fsp3) is 0.345. The number of dihydropyridines is 1. The number of ketones is 1. The Balaban J connectivity index is 1.84. The lowest BCUT2D eigenvalue weighted by molar-refractivity contribution is -0.151.